The lowest BCUT2D eigenvalue weighted by Crippen LogP contribution is -2.17. The normalized spacial score (nSPS) is 12.2. The highest BCUT2D eigenvalue weighted by molar-refractivity contribution is 5.75. The lowest BCUT2D eigenvalue weighted by molar-refractivity contribution is 0.506. The predicted molar refractivity (Wildman–Crippen MR) is 72.1 cm³/mol. The second-order valence-electron chi connectivity index (χ2n) is 5.60. The van der Waals surface area contributed by atoms with E-state index in [0.29, 0.717) is 5.95 Å². The predicted octanol–water partition coefficient (Wildman–Crippen LogP) is 1.85. The van der Waals surface area contributed by atoms with E-state index < -0.39 is 0 Å². The average molecular weight is 256 g/mol. The molecule has 1 aromatic carbocycles. The number of aromatic nitrogens is 6. The minimum atomic E-state index is -0.0591. The first kappa shape index (κ1) is 11.8. The van der Waals surface area contributed by atoms with Crippen molar-refractivity contribution in [3.05, 3.63) is 30.1 Å². The highest BCUT2D eigenvalue weighted by Crippen LogP contribution is 2.21. The van der Waals surface area contributed by atoms with Crippen LogP contribution in [0.2, 0.25) is 0 Å². The summed E-state index contributed by atoms with van der Waals surface area (Å²) in [4.78, 5) is 4.59. The van der Waals surface area contributed by atoms with Crippen molar-refractivity contribution in [1.29, 1.82) is 0 Å². The van der Waals surface area contributed by atoms with Crippen LogP contribution in [0.25, 0.3) is 17.0 Å². The monoisotopic (exact) mass is 256 g/mol. The molecule has 0 bridgehead atoms. The number of rotatable bonds is 1. The summed E-state index contributed by atoms with van der Waals surface area (Å²) < 4.78 is 3.47. The minimum absolute atomic E-state index is 0.0591. The molecule has 0 radical (unpaired) electrons. The van der Waals surface area contributed by atoms with E-state index in [1.807, 2.05) is 31.3 Å². The van der Waals surface area contributed by atoms with Gasteiger partial charge in [-0.2, -0.15) is 9.67 Å². The van der Waals surface area contributed by atoms with Crippen molar-refractivity contribution in [2.45, 2.75) is 26.2 Å². The summed E-state index contributed by atoms with van der Waals surface area (Å²) in [5.41, 5.74) is 1.69. The second kappa shape index (κ2) is 3.88. The van der Waals surface area contributed by atoms with Crippen molar-refractivity contribution in [3.63, 3.8) is 0 Å². The Morgan fingerprint density at radius 1 is 1.11 bits per heavy atom. The SMILES string of the molecule is Cn1nc(-n2nnc3ccccc32)nc1C(C)(C)C. The molecule has 0 saturated carbocycles. The van der Waals surface area contributed by atoms with E-state index in [1.54, 1.807) is 9.36 Å². The topological polar surface area (TPSA) is 61.4 Å². The number of benzene rings is 1. The number of fused-ring (bicyclic) bond motifs is 1. The summed E-state index contributed by atoms with van der Waals surface area (Å²) in [5, 5.41) is 12.7. The van der Waals surface area contributed by atoms with Crippen molar-refractivity contribution < 1.29 is 0 Å². The fourth-order valence-electron chi connectivity index (χ4n) is 2.13. The maximum atomic E-state index is 4.59. The van der Waals surface area contributed by atoms with E-state index in [9.17, 15) is 0 Å². The smallest absolute Gasteiger partial charge is 0.250 e. The van der Waals surface area contributed by atoms with Gasteiger partial charge in [-0.3, -0.25) is 4.68 Å². The van der Waals surface area contributed by atoms with Gasteiger partial charge < -0.3 is 0 Å². The molecule has 0 aliphatic heterocycles. The van der Waals surface area contributed by atoms with Crippen LogP contribution >= 0.6 is 0 Å². The van der Waals surface area contributed by atoms with Crippen LogP contribution in [0.3, 0.4) is 0 Å². The molecule has 0 N–H and O–H groups in total. The van der Waals surface area contributed by atoms with Gasteiger partial charge in [-0.05, 0) is 12.1 Å². The fraction of sp³-hybridized carbons (Fsp3) is 0.385. The molecule has 3 rings (SSSR count). The zero-order valence-electron chi connectivity index (χ0n) is 11.5. The highest BCUT2D eigenvalue weighted by atomic mass is 15.5. The molecule has 0 saturated heterocycles. The Morgan fingerprint density at radius 2 is 1.84 bits per heavy atom. The highest BCUT2D eigenvalue weighted by Gasteiger charge is 2.22. The summed E-state index contributed by atoms with van der Waals surface area (Å²) in [5.74, 6) is 1.48. The van der Waals surface area contributed by atoms with Crippen molar-refractivity contribution in [2.75, 3.05) is 0 Å². The number of hydrogen-bond acceptors (Lipinski definition) is 4. The summed E-state index contributed by atoms with van der Waals surface area (Å²) in [6.07, 6.45) is 0. The molecule has 6 heteroatoms. The zero-order valence-corrected chi connectivity index (χ0v) is 11.5. The first-order chi connectivity index (χ1) is 8.97. The van der Waals surface area contributed by atoms with Crippen molar-refractivity contribution >= 4 is 11.0 Å². The molecule has 0 atom stereocenters. The maximum absolute atomic E-state index is 4.59. The molecule has 98 valence electrons. The fourth-order valence-corrected chi connectivity index (χ4v) is 2.13. The molecule has 0 aliphatic rings. The molecule has 0 amide bonds. The van der Waals surface area contributed by atoms with Gasteiger partial charge in [-0.15, -0.1) is 10.2 Å². The standard InChI is InChI=1S/C13H16N6/c1-13(2,3)11-14-12(16-18(11)4)19-10-8-6-5-7-9(10)15-17-19/h5-8H,1-4H3. The quantitative estimate of drug-likeness (QED) is 0.666. The van der Waals surface area contributed by atoms with E-state index in [2.05, 4.69) is 41.2 Å². The van der Waals surface area contributed by atoms with Crippen LogP contribution < -0.4 is 0 Å². The third kappa shape index (κ3) is 1.89. The molecule has 0 unspecified atom stereocenters. The van der Waals surface area contributed by atoms with E-state index in [-0.39, 0.29) is 5.41 Å². The van der Waals surface area contributed by atoms with Crippen LogP contribution in [0.15, 0.2) is 24.3 Å². The van der Waals surface area contributed by atoms with Gasteiger partial charge in [-0.1, -0.05) is 38.1 Å². The van der Waals surface area contributed by atoms with E-state index >= 15 is 0 Å². The van der Waals surface area contributed by atoms with Crippen LogP contribution in [0.5, 0.6) is 0 Å². The van der Waals surface area contributed by atoms with Gasteiger partial charge in [0.2, 0.25) is 0 Å². The lowest BCUT2D eigenvalue weighted by Gasteiger charge is -2.15. The molecule has 2 aromatic heterocycles. The zero-order chi connectivity index (χ0) is 13.6. The van der Waals surface area contributed by atoms with Gasteiger partial charge in [0.15, 0.2) is 0 Å². The number of nitrogens with zero attached hydrogens (tertiary/aromatic N) is 6. The Morgan fingerprint density at radius 3 is 2.53 bits per heavy atom. The molecule has 3 aromatic rings. The van der Waals surface area contributed by atoms with Crippen LogP contribution in [0, 0.1) is 0 Å². The molecule has 0 spiro atoms. The summed E-state index contributed by atoms with van der Waals surface area (Å²) >= 11 is 0. The molecular weight excluding hydrogens is 240 g/mol. The molecular formula is C13H16N6. The molecule has 6 nitrogen and oxygen atoms in total. The van der Waals surface area contributed by atoms with Gasteiger partial charge in [0.05, 0.1) is 5.52 Å². The van der Waals surface area contributed by atoms with Crippen molar-refractivity contribution in [3.8, 4) is 5.95 Å². The third-order valence-corrected chi connectivity index (χ3v) is 2.96. The van der Waals surface area contributed by atoms with Crippen molar-refractivity contribution in [2.24, 2.45) is 7.05 Å². The molecule has 2 heterocycles. The van der Waals surface area contributed by atoms with E-state index in [1.165, 1.54) is 0 Å². The first-order valence-electron chi connectivity index (χ1n) is 6.19. The largest absolute Gasteiger partial charge is 0.271 e. The maximum Gasteiger partial charge on any atom is 0.271 e. The van der Waals surface area contributed by atoms with Crippen molar-refractivity contribution in [1.82, 2.24) is 29.8 Å². The number of para-hydroxylation sites is 1. The van der Waals surface area contributed by atoms with Gasteiger partial charge in [0, 0.05) is 12.5 Å². The second-order valence-corrected chi connectivity index (χ2v) is 5.60. The van der Waals surface area contributed by atoms with E-state index in [4.69, 9.17) is 0 Å². The Kier molecular flexibility index (Phi) is 2.41. The summed E-state index contributed by atoms with van der Waals surface area (Å²) in [7, 11) is 1.90. The van der Waals surface area contributed by atoms with Crippen LogP contribution in [-0.4, -0.2) is 29.8 Å². The number of aryl methyl sites for hydroxylation is 1. The van der Waals surface area contributed by atoms with Gasteiger partial charge in [0.25, 0.3) is 5.95 Å². The van der Waals surface area contributed by atoms with Crippen LogP contribution in [0.1, 0.15) is 26.6 Å². The Balaban J connectivity index is 2.18. The van der Waals surface area contributed by atoms with Gasteiger partial charge in [-0.25, -0.2) is 0 Å². The molecule has 0 fully saturated rings. The van der Waals surface area contributed by atoms with Gasteiger partial charge in [0.1, 0.15) is 11.3 Å². The lowest BCUT2D eigenvalue weighted by atomic mass is 9.96. The Labute approximate surface area is 111 Å². The summed E-state index contributed by atoms with van der Waals surface area (Å²) in [6, 6.07) is 7.78. The van der Waals surface area contributed by atoms with Gasteiger partial charge >= 0.3 is 0 Å². The van der Waals surface area contributed by atoms with Crippen LogP contribution in [-0.2, 0) is 12.5 Å². The third-order valence-electron chi connectivity index (χ3n) is 2.96. The number of hydrogen-bond donors (Lipinski definition) is 0. The Hall–Kier alpha value is -2.24. The minimum Gasteiger partial charge on any atom is -0.250 e. The van der Waals surface area contributed by atoms with E-state index in [0.717, 1.165) is 16.9 Å². The average Bonchev–Trinajstić information content (AvgIpc) is 2.91. The molecule has 19 heavy (non-hydrogen) atoms. The summed E-state index contributed by atoms with van der Waals surface area (Å²) in [6.45, 7) is 6.33. The van der Waals surface area contributed by atoms with Crippen LogP contribution in [0.4, 0.5) is 0 Å². The first-order valence-corrected chi connectivity index (χ1v) is 6.19. The molecule has 0 aliphatic carbocycles. The Bertz CT molecular complexity index is 731.